The molecule has 0 unspecified atom stereocenters. The zero-order chi connectivity index (χ0) is 6.27. The summed E-state index contributed by atoms with van der Waals surface area (Å²) in [6.07, 6.45) is 1.83. The molecule has 0 atom stereocenters. The summed E-state index contributed by atoms with van der Waals surface area (Å²) >= 11 is 0. The summed E-state index contributed by atoms with van der Waals surface area (Å²) in [5.41, 5.74) is 8.46. The second-order valence-corrected chi connectivity index (χ2v) is 2.08. The van der Waals surface area contributed by atoms with Gasteiger partial charge in [0.1, 0.15) is 0 Å². The number of hydrogen-bond donors (Lipinski definition) is 1. The van der Waals surface area contributed by atoms with Crippen molar-refractivity contribution in [2.24, 2.45) is 4.99 Å². The summed E-state index contributed by atoms with van der Waals surface area (Å²) < 4.78 is 0. The Morgan fingerprint density at radius 2 is 2.22 bits per heavy atom. The topological polar surface area (TPSA) is 38.4 Å². The Labute approximate surface area is 53.0 Å². The van der Waals surface area contributed by atoms with Gasteiger partial charge in [-0.1, -0.05) is 0 Å². The maximum absolute atomic E-state index is 5.49. The minimum Gasteiger partial charge on any atom is -0.399 e. The van der Waals surface area contributed by atoms with Crippen LogP contribution in [0, 0.1) is 0 Å². The molecule has 0 saturated carbocycles. The molecule has 0 saturated heterocycles. The van der Waals surface area contributed by atoms with Crippen LogP contribution in [0.5, 0.6) is 0 Å². The van der Waals surface area contributed by atoms with E-state index in [-0.39, 0.29) is 0 Å². The van der Waals surface area contributed by atoms with Crippen LogP contribution in [0.2, 0.25) is 0 Å². The van der Waals surface area contributed by atoms with Gasteiger partial charge in [-0.2, -0.15) is 0 Å². The Morgan fingerprint density at radius 3 is 2.67 bits per heavy atom. The molecule has 1 heterocycles. The molecule has 44 valence electrons. The summed E-state index contributed by atoms with van der Waals surface area (Å²) in [6, 6.07) is 5.72. The van der Waals surface area contributed by atoms with Gasteiger partial charge in [-0.05, 0) is 18.2 Å². The van der Waals surface area contributed by atoms with Crippen LogP contribution in [-0.4, -0.2) is 6.21 Å². The lowest BCUT2D eigenvalue weighted by molar-refractivity contribution is 1.45. The lowest BCUT2D eigenvalue weighted by Crippen LogP contribution is -1.93. The van der Waals surface area contributed by atoms with Gasteiger partial charge in [-0.25, -0.2) is 0 Å². The Hall–Kier alpha value is -1.31. The highest BCUT2D eigenvalue weighted by Gasteiger charge is 2.04. The van der Waals surface area contributed by atoms with E-state index in [9.17, 15) is 0 Å². The standard InChI is InChI=1S/C7H6N2/c8-6-2-1-5-4-9-7(5)3-6/h1-4H,8H2. The fourth-order valence-electron chi connectivity index (χ4n) is 0.855. The molecular formula is C7H6N2. The van der Waals surface area contributed by atoms with Crippen LogP contribution < -0.4 is 5.73 Å². The molecule has 1 aromatic carbocycles. The van der Waals surface area contributed by atoms with Gasteiger partial charge in [0.05, 0.1) is 5.69 Å². The van der Waals surface area contributed by atoms with Crippen molar-refractivity contribution >= 4 is 17.6 Å². The van der Waals surface area contributed by atoms with Crippen molar-refractivity contribution in [3.63, 3.8) is 0 Å². The molecule has 2 heteroatoms. The SMILES string of the molecule is Nc1ccc2c(c1)N=C2. The highest BCUT2D eigenvalue weighted by atomic mass is 14.8. The molecular weight excluding hydrogens is 112 g/mol. The van der Waals surface area contributed by atoms with Crippen LogP contribution >= 0.6 is 0 Å². The molecule has 1 aliphatic heterocycles. The van der Waals surface area contributed by atoms with Crippen LogP contribution in [-0.2, 0) is 0 Å². The number of benzene rings is 1. The maximum Gasteiger partial charge on any atom is 0.0738 e. The van der Waals surface area contributed by atoms with Crippen molar-refractivity contribution in [1.29, 1.82) is 0 Å². The third kappa shape index (κ3) is 0.528. The molecule has 0 fully saturated rings. The van der Waals surface area contributed by atoms with E-state index in [1.165, 1.54) is 5.56 Å². The first-order chi connectivity index (χ1) is 4.36. The molecule has 0 radical (unpaired) electrons. The van der Waals surface area contributed by atoms with Crippen molar-refractivity contribution in [2.75, 3.05) is 5.73 Å². The second-order valence-electron chi connectivity index (χ2n) is 2.08. The third-order valence-electron chi connectivity index (χ3n) is 1.40. The van der Waals surface area contributed by atoms with Gasteiger partial charge in [0.15, 0.2) is 0 Å². The van der Waals surface area contributed by atoms with E-state index >= 15 is 0 Å². The predicted molar refractivity (Wildman–Crippen MR) is 38.1 cm³/mol. The lowest BCUT2D eigenvalue weighted by atomic mass is 10.1. The smallest absolute Gasteiger partial charge is 0.0738 e. The first-order valence-corrected chi connectivity index (χ1v) is 2.80. The average Bonchev–Trinajstić information content (AvgIpc) is 1.78. The van der Waals surface area contributed by atoms with E-state index in [0.717, 1.165) is 11.4 Å². The van der Waals surface area contributed by atoms with Gasteiger partial charge in [-0.3, -0.25) is 4.99 Å². The lowest BCUT2D eigenvalue weighted by Gasteiger charge is -2.07. The molecule has 0 aliphatic carbocycles. The largest absolute Gasteiger partial charge is 0.399 e. The van der Waals surface area contributed by atoms with E-state index in [2.05, 4.69) is 4.99 Å². The summed E-state index contributed by atoms with van der Waals surface area (Å²) in [7, 11) is 0. The van der Waals surface area contributed by atoms with E-state index in [1.807, 2.05) is 24.4 Å². The van der Waals surface area contributed by atoms with Crippen molar-refractivity contribution < 1.29 is 0 Å². The number of nitrogens with zero attached hydrogens (tertiary/aromatic N) is 1. The Bertz CT molecular complexity index is 276. The highest BCUT2D eigenvalue weighted by molar-refractivity contribution is 5.97. The number of hydrogen-bond acceptors (Lipinski definition) is 2. The molecule has 2 nitrogen and oxygen atoms in total. The zero-order valence-electron chi connectivity index (χ0n) is 4.83. The molecule has 1 aromatic rings. The molecule has 9 heavy (non-hydrogen) atoms. The number of anilines is 1. The van der Waals surface area contributed by atoms with Crippen molar-refractivity contribution in [3.05, 3.63) is 23.8 Å². The van der Waals surface area contributed by atoms with E-state index in [4.69, 9.17) is 5.73 Å². The van der Waals surface area contributed by atoms with Gasteiger partial charge < -0.3 is 5.73 Å². The van der Waals surface area contributed by atoms with Gasteiger partial charge in [0, 0.05) is 17.5 Å². The van der Waals surface area contributed by atoms with Gasteiger partial charge in [-0.15, -0.1) is 0 Å². The number of fused-ring (bicyclic) bond motifs is 1. The summed E-state index contributed by atoms with van der Waals surface area (Å²) in [5, 5.41) is 0. The van der Waals surface area contributed by atoms with E-state index in [0.29, 0.717) is 0 Å². The van der Waals surface area contributed by atoms with Gasteiger partial charge in [0.25, 0.3) is 0 Å². The normalized spacial score (nSPS) is 12.4. The molecule has 1 aliphatic rings. The van der Waals surface area contributed by atoms with Crippen molar-refractivity contribution in [1.82, 2.24) is 0 Å². The molecule has 0 bridgehead atoms. The van der Waals surface area contributed by atoms with Crippen LogP contribution in [0.1, 0.15) is 5.56 Å². The summed E-state index contributed by atoms with van der Waals surface area (Å²) in [6.45, 7) is 0. The number of aliphatic imine (C=N–C) groups is 1. The number of nitrogen functional groups attached to an aromatic ring is 1. The molecule has 2 N–H and O–H groups in total. The first-order valence-electron chi connectivity index (χ1n) is 2.80. The predicted octanol–water partition coefficient (Wildman–Crippen LogP) is 1.33. The molecule has 0 aromatic heterocycles. The van der Waals surface area contributed by atoms with Crippen LogP contribution in [0.25, 0.3) is 0 Å². The molecule has 2 rings (SSSR count). The van der Waals surface area contributed by atoms with E-state index in [1.54, 1.807) is 0 Å². The molecule has 0 amide bonds. The monoisotopic (exact) mass is 118 g/mol. The number of rotatable bonds is 0. The quantitative estimate of drug-likeness (QED) is 0.521. The third-order valence-corrected chi connectivity index (χ3v) is 1.40. The Kier molecular flexibility index (Phi) is 0.681. The first kappa shape index (κ1) is 4.56. The minimum absolute atomic E-state index is 0.783. The maximum atomic E-state index is 5.49. The van der Waals surface area contributed by atoms with E-state index < -0.39 is 0 Å². The molecule has 0 spiro atoms. The minimum atomic E-state index is 0.783. The van der Waals surface area contributed by atoms with Crippen LogP contribution in [0.15, 0.2) is 23.2 Å². The second kappa shape index (κ2) is 1.35. The van der Waals surface area contributed by atoms with Crippen molar-refractivity contribution in [2.45, 2.75) is 0 Å². The fourth-order valence-corrected chi connectivity index (χ4v) is 0.855. The fraction of sp³-hybridized carbons (Fsp3) is 0. The summed E-state index contributed by atoms with van der Waals surface area (Å²) in [4.78, 5) is 3.99. The van der Waals surface area contributed by atoms with Crippen LogP contribution in [0.4, 0.5) is 11.4 Å². The highest BCUT2D eigenvalue weighted by Crippen LogP contribution is 2.26. The average molecular weight is 118 g/mol. The zero-order valence-corrected chi connectivity index (χ0v) is 4.83. The van der Waals surface area contributed by atoms with Gasteiger partial charge in [0.2, 0.25) is 0 Å². The number of nitrogens with two attached hydrogens (primary N) is 1. The van der Waals surface area contributed by atoms with Crippen molar-refractivity contribution in [3.8, 4) is 0 Å². The Balaban J connectivity index is 2.63. The summed E-state index contributed by atoms with van der Waals surface area (Å²) in [5.74, 6) is 0. The van der Waals surface area contributed by atoms with Crippen LogP contribution in [0.3, 0.4) is 0 Å². The van der Waals surface area contributed by atoms with Gasteiger partial charge >= 0.3 is 0 Å². The Morgan fingerprint density at radius 1 is 1.33 bits per heavy atom.